The molecule has 0 atom stereocenters. The molecular formula is C24H29N4O6P. The minimum atomic E-state index is -1.84. The molecule has 3 aromatic rings. The molecular weight excluding hydrogens is 471 g/mol. The molecule has 1 aliphatic heterocycles. The number of hydrogen-bond acceptors (Lipinski definition) is 9. The lowest BCUT2D eigenvalue weighted by Crippen LogP contribution is -2.34. The summed E-state index contributed by atoms with van der Waals surface area (Å²) < 4.78 is 11.7. The van der Waals surface area contributed by atoms with Crippen LogP contribution in [0.1, 0.15) is 29.6 Å². The van der Waals surface area contributed by atoms with E-state index in [-0.39, 0.29) is 23.6 Å². The summed E-state index contributed by atoms with van der Waals surface area (Å²) in [5.74, 6) is 1.75. The molecule has 3 heterocycles. The minimum Gasteiger partial charge on any atom is -0.497 e. The molecule has 1 fully saturated rings. The third-order valence-electron chi connectivity index (χ3n) is 6.36. The predicted octanol–water partition coefficient (Wildman–Crippen LogP) is 2.59. The number of nitrogens with zero attached hydrogens (tertiary/aromatic N) is 4. The summed E-state index contributed by atoms with van der Waals surface area (Å²) in [6, 6.07) is 8.51. The second-order valence-corrected chi connectivity index (χ2v) is 9.72. The number of aromatic nitrogens is 3. The van der Waals surface area contributed by atoms with Crippen LogP contribution in [0.4, 0.5) is 5.82 Å². The van der Waals surface area contributed by atoms with Gasteiger partial charge in [-0.1, -0.05) is 0 Å². The molecule has 0 radical (unpaired) electrons. The van der Waals surface area contributed by atoms with Gasteiger partial charge in [-0.15, -0.1) is 0 Å². The number of anilines is 1. The zero-order chi connectivity index (χ0) is 24.9. The van der Waals surface area contributed by atoms with Gasteiger partial charge < -0.3 is 24.2 Å². The topological polar surface area (TPSA) is 127 Å². The second-order valence-electron chi connectivity index (χ2n) is 8.53. The molecule has 1 aliphatic rings. The average Bonchev–Trinajstić information content (AvgIpc) is 2.88. The summed E-state index contributed by atoms with van der Waals surface area (Å²) >= 11 is 0. The normalized spacial score (nSPS) is 14.5. The summed E-state index contributed by atoms with van der Waals surface area (Å²) in [6.45, 7) is 1.35. The SMILES string of the molecule is COc1ccc(C(=O)Cn2ncc3cc(N4CCC(CCP(O)O)CC4)nc(OC)c3c2=O)cc1. The van der Waals surface area contributed by atoms with Gasteiger partial charge in [-0.05, 0) is 55.5 Å². The fourth-order valence-electron chi connectivity index (χ4n) is 4.33. The number of carbonyl (C=O) groups excluding carboxylic acids is 1. The van der Waals surface area contributed by atoms with E-state index < -0.39 is 13.9 Å². The van der Waals surface area contributed by atoms with Crippen LogP contribution in [-0.2, 0) is 6.54 Å². The lowest BCUT2D eigenvalue weighted by molar-refractivity contribution is 0.0966. The van der Waals surface area contributed by atoms with Crippen LogP contribution in [-0.4, -0.2) is 63.8 Å². The fraction of sp³-hybridized carbons (Fsp3) is 0.417. The standard InChI is InChI=1S/C24H29N4O6P/c1-33-19-5-3-17(4-6-19)20(29)15-28-24(30)22-18(14-25-28)13-21(26-23(22)34-2)27-10-7-16(8-11-27)9-12-35(31)32/h3-6,13-14,16,31-32H,7-12,15H2,1-2H3. The van der Waals surface area contributed by atoms with Gasteiger partial charge >= 0.3 is 0 Å². The van der Waals surface area contributed by atoms with Crippen LogP contribution in [0.3, 0.4) is 0 Å². The van der Waals surface area contributed by atoms with Crippen molar-refractivity contribution >= 4 is 30.7 Å². The van der Waals surface area contributed by atoms with Crippen LogP contribution in [0.2, 0.25) is 0 Å². The zero-order valence-corrected chi connectivity index (χ0v) is 20.6. The number of fused-ring (bicyclic) bond motifs is 1. The molecule has 10 nitrogen and oxygen atoms in total. The van der Waals surface area contributed by atoms with E-state index in [1.54, 1.807) is 37.6 Å². The molecule has 186 valence electrons. The van der Waals surface area contributed by atoms with Crippen LogP contribution in [0.15, 0.2) is 41.3 Å². The minimum absolute atomic E-state index is 0.198. The van der Waals surface area contributed by atoms with Gasteiger partial charge in [-0.2, -0.15) is 10.1 Å². The van der Waals surface area contributed by atoms with E-state index in [4.69, 9.17) is 19.3 Å². The smallest absolute Gasteiger partial charge is 0.280 e. The van der Waals surface area contributed by atoms with Gasteiger partial charge in [0.1, 0.15) is 23.5 Å². The number of carbonyl (C=O) groups is 1. The molecule has 2 aromatic heterocycles. The van der Waals surface area contributed by atoms with E-state index in [1.807, 2.05) is 6.07 Å². The van der Waals surface area contributed by atoms with Gasteiger partial charge in [0.15, 0.2) is 14.2 Å². The van der Waals surface area contributed by atoms with Crippen molar-refractivity contribution in [2.24, 2.45) is 5.92 Å². The monoisotopic (exact) mass is 500 g/mol. The molecule has 1 saturated heterocycles. The highest BCUT2D eigenvalue weighted by atomic mass is 31.2. The van der Waals surface area contributed by atoms with Crippen LogP contribution < -0.4 is 19.9 Å². The third kappa shape index (κ3) is 5.78. The number of piperidine rings is 1. The van der Waals surface area contributed by atoms with Gasteiger partial charge in [-0.3, -0.25) is 9.59 Å². The number of ether oxygens (including phenoxy) is 2. The number of methoxy groups -OCH3 is 2. The first-order valence-electron chi connectivity index (χ1n) is 11.4. The predicted molar refractivity (Wildman–Crippen MR) is 133 cm³/mol. The summed E-state index contributed by atoms with van der Waals surface area (Å²) in [4.78, 5) is 51.0. The zero-order valence-electron chi connectivity index (χ0n) is 19.8. The summed E-state index contributed by atoms with van der Waals surface area (Å²) in [6.07, 6.45) is 4.67. The molecule has 4 rings (SSSR count). The van der Waals surface area contributed by atoms with E-state index in [1.165, 1.54) is 7.11 Å². The number of benzene rings is 1. The Morgan fingerprint density at radius 3 is 2.49 bits per heavy atom. The van der Waals surface area contributed by atoms with Crippen LogP contribution >= 0.6 is 8.38 Å². The Bertz CT molecular complexity index is 1240. The highest BCUT2D eigenvalue weighted by molar-refractivity contribution is 7.45. The fourth-order valence-corrected chi connectivity index (χ4v) is 4.93. The van der Waals surface area contributed by atoms with Gasteiger partial charge in [0.2, 0.25) is 5.88 Å². The molecule has 0 saturated carbocycles. The van der Waals surface area contributed by atoms with E-state index in [0.29, 0.717) is 34.6 Å². The Labute approximate surface area is 204 Å². The van der Waals surface area contributed by atoms with Crippen molar-refractivity contribution in [1.82, 2.24) is 14.8 Å². The van der Waals surface area contributed by atoms with E-state index in [9.17, 15) is 9.59 Å². The molecule has 11 heteroatoms. The highest BCUT2D eigenvalue weighted by Gasteiger charge is 2.23. The maximum atomic E-state index is 13.2. The Morgan fingerprint density at radius 2 is 1.86 bits per heavy atom. The molecule has 2 N–H and O–H groups in total. The van der Waals surface area contributed by atoms with Crippen LogP contribution in [0, 0.1) is 5.92 Å². The van der Waals surface area contributed by atoms with Crippen LogP contribution in [0.5, 0.6) is 11.6 Å². The Hall–Kier alpha value is -3.07. The molecule has 35 heavy (non-hydrogen) atoms. The van der Waals surface area contributed by atoms with Crippen molar-refractivity contribution in [3.63, 3.8) is 0 Å². The van der Waals surface area contributed by atoms with E-state index in [2.05, 4.69) is 15.0 Å². The van der Waals surface area contributed by atoms with Crippen molar-refractivity contribution in [3.8, 4) is 11.6 Å². The van der Waals surface area contributed by atoms with Crippen molar-refractivity contribution in [2.75, 3.05) is 38.4 Å². The van der Waals surface area contributed by atoms with Crippen molar-refractivity contribution in [3.05, 3.63) is 52.4 Å². The number of Topliss-reactive ketones (excluding diaryl/α,β-unsaturated/α-hetero) is 1. The molecule has 0 unspecified atom stereocenters. The van der Waals surface area contributed by atoms with E-state index >= 15 is 0 Å². The van der Waals surface area contributed by atoms with Crippen molar-refractivity contribution in [1.29, 1.82) is 0 Å². The number of hydrogen-bond donors (Lipinski definition) is 2. The van der Waals surface area contributed by atoms with Crippen molar-refractivity contribution in [2.45, 2.75) is 25.8 Å². The molecule has 0 aliphatic carbocycles. The number of pyridine rings is 1. The lowest BCUT2D eigenvalue weighted by atomic mass is 9.94. The first kappa shape index (κ1) is 25.0. The average molecular weight is 500 g/mol. The Balaban J connectivity index is 1.54. The summed E-state index contributed by atoms with van der Waals surface area (Å²) in [7, 11) is 1.18. The van der Waals surface area contributed by atoms with Gasteiger partial charge in [0, 0.05) is 30.2 Å². The quantitative estimate of drug-likeness (QED) is 0.337. The maximum Gasteiger partial charge on any atom is 0.280 e. The van der Waals surface area contributed by atoms with Gasteiger partial charge in [0.25, 0.3) is 5.56 Å². The molecule has 0 amide bonds. The largest absolute Gasteiger partial charge is 0.497 e. The summed E-state index contributed by atoms with van der Waals surface area (Å²) in [5.41, 5.74) is 0.0153. The summed E-state index contributed by atoms with van der Waals surface area (Å²) in [5, 5.41) is 5.11. The lowest BCUT2D eigenvalue weighted by Gasteiger charge is -2.33. The molecule has 0 spiro atoms. The maximum absolute atomic E-state index is 13.2. The van der Waals surface area contributed by atoms with E-state index in [0.717, 1.165) is 37.0 Å². The Morgan fingerprint density at radius 1 is 1.14 bits per heavy atom. The van der Waals surface area contributed by atoms with Gasteiger partial charge in [-0.25, -0.2) is 4.68 Å². The molecule has 0 bridgehead atoms. The number of ketones is 1. The Kier molecular flexibility index (Phi) is 7.95. The molecule has 1 aromatic carbocycles. The van der Waals surface area contributed by atoms with Gasteiger partial charge in [0.05, 0.1) is 20.4 Å². The second kappa shape index (κ2) is 11.1. The highest BCUT2D eigenvalue weighted by Crippen LogP contribution is 2.32. The third-order valence-corrected chi connectivity index (χ3v) is 7.02. The number of rotatable bonds is 9. The van der Waals surface area contributed by atoms with Crippen LogP contribution in [0.25, 0.3) is 10.8 Å². The van der Waals surface area contributed by atoms with Crippen molar-refractivity contribution < 1.29 is 24.1 Å². The first-order valence-corrected chi connectivity index (χ1v) is 12.8. The first-order chi connectivity index (χ1) is 16.9.